The number of aromatic nitrogens is 2. The molecular weight excluding hydrogens is 274 g/mol. The first-order valence-corrected chi connectivity index (χ1v) is 7.49. The van der Waals surface area contributed by atoms with Gasteiger partial charge in [-0.25, -0.2) is 4.68 Å². The number of para-hydroxylation sites is 1. The third-order valence-corrected chi connectivity index (χ3v) is 4.43. The lowest BCUT2D eigenvalue weighted by molar-refractivity contribution is -0.115. The molecule has 0 radical (unpaired) electrons. The fourth-order valence-corrected chi connectivity index (χ4v) is 3.31. The second-order valence-corrected chi connectivity index (χ2v) is 5.66. The van der Waals surface area contributed by atoms with E-state index in [-0.39, 0.29) is 11.5 Å². The molecule has 2 aromatic rings. The van der Waals surface area contributed by atoms with Gasteiger partial charge in [0.15, 0.2) is 0 Å². The molecule has 1 fully saturated rings. The lowest BCUT2D eigenvalue weighted by Gasteiger charge is -2.12. The molecule has 20 heavy (non-hydrogen) atoms. The Hall–Kier alpha value is -1.95. The van der Waals surface area contributed by atoms with Crippen molar-refractivity contribution in [3.8, 4) is 5.69 Å². The smallest absolute Gasteiger partial charge is 0.295 e. The summed E-state index contributed by atoms with van der Waals surface area (Å²) in [6.07, 6.45) is 0. The number of thioether (sulfide) groups is 1. The quantitative estimate of drug-likeness (QED) is 0.842. The average Bonchev–Trinajstić information content (AvgIpc) is 2.94. The second kappa shape index (κ2) is 4.86. The van der Waals surface area contributed by atoms with Gasteiger partial charge in [-0.1, -0.05) is 18.2 Å². The summed E-state index contributed by atoms with van der Waals surface area (Å²) in [6, 6.07) is 9.45. The molecule has 0 atom stereocenters. The number of rotatable bonds is 2. The summed E-state index contributed by atoms with van der Waals surface area (Å²) in [5, 5.41) is 0. The van der Waals surface area contributed by atoms with Crippen molar-refractivity contribution in [3.63, 3.8) is 0 Å². The van der Waals surface area contributed by atoms with E-state index in [1.807, 2.05) is 44.3 Å². The molecule has 1 aromatic carbocycles. The Balaban J connectivity index is 2.20. The van der Waals surface area contributed by atoms with E-state index in [9.17, 15) is 9.59 Å². The van der Waals surface area contributed by atoms with Gasteiger partial charge in [-0.2, -0.15) is 0 Å². The fourth-order valence-electron chi connectivity index (χ4n) is 2.43. The minimum absolute atomic E-state index is 0.000937. The highest BCUT2D eigenvalue weighted by atomic mass is 32.2. The van der Waals surface area contributed by atoms with Crippen LogP contribution in [-0.2, 0) is 11.8 Å². The fraction of sp³-hybridized carbons (Fsp3) is 0.286. The van der Waals surface area contributed by atoms with Gasteiger partial charge < -0.3 is 0 Å². The molecule has 3 rings (SSSR count). The molecule has 5 nitrogen and oxygen atoms in total. The predicted molar refractivity (Wildman–Crippen MR) is 80.6 cm³/mol. The molecule has 2 heterocycles. The molecular formula is C14H15N3O2S. The zero-order chi connectivity index (χ0) is 14.3. The topological polar surface area (TPSA) is 47.2 Å². The molecule has 0 saturated carbocycles. The van der Waals surface area contributed by atoms with E-state index in [0.717, 1.165) is 11.4 Å². The highest BCUT2D eigenvalue weighted by molar-refractivity contribution is 8.00. The highest BCUT2D eigenvalue weighted by Crippen LogP contribution is 2.25. The van der Waals surface area contributed by atoms with Gasteiger partial charge in [0, 0.05) is 7.05 Å². The van der Waals surface area contributed by atoms with Crippen molar-refractivity contribution in [2.45, 2.75) is 6.92 Å². The summed E-state index contributed by atoms with van der Waals surface area (Å²) < 4.78 is 3.39. The molecule has 1 aliphatic heterocycles. The first kappa shape index (κ1) is 13.1. The summed E-state index contributed by atoms with van der Waals surface area (Å²) in [5.41, 5.74) is 1.95. The van der Waals surface area contributed by atoms with Crippen LogP contribution in [0.25, 0.3) is 5.69 Å². The molecule has 0 bridgehead atoms. The van der Waals surface area contributed by atoms with Crippen molar-refractivity contribution in [1.82, 2.24) is 9.36 Å². The van der Waals surface area contributed by atoms with Crippen LogP contribution < -0.4 is 10.5 Å². The zero-order valence-corrected chi connectivity index (χ0v) is 12.2. The van der Waals surface area contributed by atoms with Crippen LogP contribution in [0, 0.1) is 6.92 Å². The number of anilines is 1. The largest absolute Gasteiger partial charge is 0.295 e. The average molecular weight is 289 g/mol. The van der Waals surface area contributed by atoms with Crippen molar-refractivity contribution in [1.29, 1.82) is 0 Å². The molecule has 0 N–H and O–H groups in total. The van der Waals surface area contributed by atoms with Gasteiger partial charge >= 0.3 is 0 Å². The summed E-state index contributed by atoms with van der Waals surface area (Å²) in [7, 11) is 1.83. The van der Waals surface area contributed by atoms with E-state index >= 15 is 0 Å². The number of carbonyl (C=O) groups excluding carboxylic acids is 1. The van der Waals surface area contributed by atoms with Crippen molar-refractivity contribution >= 4 is 23.4 Å². The number of hydrogen-bond donors (Lipinski definition) is 0. The monoisotopic (exact) mass is 289 g/mol. The van der Waals surface area contributed by atoms with Gasteiger partial charge in [0.1, 0.15) is 5.69 Å². The summed E-state index contributed by atoms with van der Waals surface area (Å²) in [4.78, 5) is 26.2. The van der Waals surface area contributed by atoms with Gasteiger partial charge in [0.2, 0.25) is 5.91 Å². The van der Waals surface area contributed by atoms with Crippen LogP contribution >= 0.6 is 11.8 Å². The number of hydrogen-bond acceptors (Lipinski definition) is 3. The third-order valence-electron chi connectivity index (χ3n) is 3.54. The third kappa shape index (κ3) is 1.87. The maximum atomic E-state index is 12.7. The Kier molecular flexibility index (Phi) is 3.17. The molecule has 1 aliphatic rings. The van der Waals surface area contributed by atoms with E-state index in [1.54, 1.807) is 14.3 Å². The van der Waals surface area contributed by atoms with Crippen LogP contribution in [0.1, 0.15) is 5.69 Å². The minimum Gasteiger partial charge on any atom is -0.295 e. The Morgan fingerprint density at radius 2 is 1.85 bits per heavy atom. The lowest BCUT2D eigenvalue weighted by Crippen LogP contribution is -2.31. The van der Waals surface area contributed by atoms with E-state index in [0.29, 0.717) is 17.3 Å². The molecule has 104 valence electrons. The van der Waals surface area contributed by atoms with Crippen molar-refractivity contribution in [2.75, 3.05) is 16.5 Å². The van der Waals surface area contributed by atoms with Crippen LogP contribution in [0.3, 0.4) is 0 Å². The van der Waals surface area contributed by atoms with Gasteiger partial charge in [-0.05, 0) is 19.1 Å². The van der Waals surface area contributed by atoms with E-state index in [1.165, 1.54) is 11.8 Å². The number of carbonyl (C=O) groups is 1. The molecule has 0 aliphatic carbocycles. The summed E-state index contributed by atoms with van der Waals surface area (Å²) >= 11 is 1.53. The van der Waals surface area contributed by atoms with Crippen molar-refractivity contribution < 1.29 is 4.79 Å². The predicted octanol–water partition coefficient (Wildman–Crippen LogP) is 1.52. The van der Waals surface area contributed by atoms with Gasteiger partial charge in [-0.15, -0.1) is 11.8 Å². The SMILES string of the molecule is Cc1c(N2CSCC2=O)c(=O)n(-c2ccccc2)n1C. The molecule has 1 amide bonds. The van der Waals surface area contributed by atoms with E-state index in [4.69, 9.17) is 0 Å². The number of benzene rings is 1. The highest BCUT2D eigenvalue weighted by Gasteiger charge is 2.29. The van der Waals surface area contributed by atoms with Crippen molar-refractivity contribution in [2.24, 2.45) is 7.05 Å². The maximum absolute atomic E-state index is 12.7. The summed E-state index contributed by atoms with van der Waals surface area (Å²) in [6.45, 7) is 1.87. The summed E-state index contributed by atoms with van der Waals surface area (Å²) in [5.74, 6) is 0.994. The van der Waals surface area contributed by atoms with Crippen LogP contribution in [0.4, 0.5) is 5.69 Å². The Labute approximate surface area is 120 Å². The molecule has 6 heteroatoms. The molecule has 0 unspecified atom stereocenters. The number of amides is 1. The second-order valence-electron chi connectivity index (χ2n) is 4.71. The normalized spacial score (nSPS) is 15.1. The van der Waals surface area contributed by atoms with Crippen LogP contribution in [0.15, 0.2) is 35.1 Å². The standard InChI is InChI=1S/C14H15N3O2S/c1-10-13(16-9-20-8-12(16)18)14(19)17(15(10)2)11-6-4-3-5-7-11/h3-7H,8-9H2,1-2H3. The Morgan fingerprint density at radius 3 is 2.45 bits per heavy atom. The van der Waals surface area contributed by atoms with Gasteiger partial charge in [0.25, 0.3) is 5.56 Å². The first-order chi connectivity index (χ1) is 9.61. The van der Waals surface area contributed by atoms with Gasteiger partial charge in [-0.3, -0.25) is 19.2 Å². The first-order valence-electron chi connectivity index (χ1n) is 6.33. The maximum Gasteiger partial charge on any atom is 0.295 e. The van der Waals surface area contributed by atoms with Crippen molar-refractivity contribution in [3.05, 3.63) is 46.4 Å². The van der Waals surface area contributed by atoms with E-state index in [2.05, 4.69) is 0 Å². The molecule has 1 saturated heterocycles. The zero-order valence-electron chi connectivity index (χ0n) is 11.4. The lowest BCUT2D eigenvalue weighted by atomic mass is 10.3. The Bertz CT molecular complexity index is 718. The van der Waals surface area contributed by atoms with Gasteiger partial charge in [0.05, 0.1) is 23.0 Å². The Morgan fingerprint density at radius 1 is 1.15 bits per heavy atom. The van der Waals surface area contributed by atoms with Crippen LogP contribution in [-0.4, -0.2) is 26.9 Å². The molecule has 0 spiro atoms. The number of nitrogens with zero attached hydrogens (tertiary/aromatic N) is 3. The minimum atomic E-state index is -0.146. The molecule has 1 aromatic heterocycles. The van der Waals surface area contributed by atoms with Crippen LogP contribution in [0.2, 0.25) is 0 Å². The van der Waals surface area contributed by atoms with E-state index < -0.39 is 0 Å². The van der Waals surface area contributed by atoms with Crippen LogP contribution in [0.5, 0.6) is 0 Å².